The number of aliphatic hydroxyl groups excluding tert-OH is 1. The van der Waals surface area contributed by atoms with E-state index in [2.05, 4.69) is 29.2 Å². The third-order valence-corrected chi connectivity index (χ3v) is 2.36. The van der Waals surface area contributed by atoms with E-state index in [1.807, 2.05) is 18.2 Å². The fourth-order valence-electron chi connectivity index (χ4n) is 1.54. The van der Waals surface area contributed by atoms with Crippen LogP contribution in [0.15, 0.2) is 18.2 Å². The van der Waals surface area contributed by atoms with Crippen molar-refractivity contribution in [1.29, 1.82) is 0 Å². The normalized spacial score (nSPS) is 10.6. The first-order valence-electron chi connectivity index (χ1n) is 5.50. The van der Waals surface area contributed by atoms with Gasteiger partial charge in [0.05, 0.1) is 0 Å². The summed E-state index contributed by atoms with van der Waals surface area (Å²) < 4.78 is 0. The van der Waals surface area contributed by atoms with E-state index in [0.717, 1.165) is 18.8 Å². The largest absolute Gasteiger partial charge is 0.396 e. The van der Waals surface area contributed by atoms with Crippen molar-refractivity contribution in [3.05, 3.63) is 18.2 Å². The van der Waals surface area contributed by atoms with Gasteiger partial charge in [-0.25, -0.2) is 10.8 Å². The summed E-state index contributed by atoms with van der Waals surface area (Å²) >= 11 is 0. The Kier molecular flexibility index (Phi) is 5.01. The highest BCUT2D eigenvalue weighted by atomic mass is 16.3. The Morgan fingerprint density at radius 1 is 1.50 bits per heavy atom. The molecule has 1 aromatic heterocycles. The molecule has 0 aliphatic heterocycles. The molecular formula is C11H20N4O. The standard InChI is InChI=1S/C11H20N4O/c1-9(2)15(7-4-8-16)11-6-3-5-10(13-11)14-12/h3,5-6,9,16H,4,7-8,12H2,1-2H3,(H,13,14). The van der Waals surface area contributed by atoms with Crippen LogP contribution in [0.2, 0.25) is 0 Å². The Morgan fingerprint density at radius 3 is 2.81 bits per heavy atom. The number of pyridine rings is 1. The lowest BCUT2D eigenvalue weighted by atomic mass is 10.2. The van der Waals surface area contributed by atoms with Gasteiger partial charge in [-0.1, -0.05) is 6.07 Å². The number of nitrogens with one attached hydrogen (secondary N) is 1. The Hall–Kier alpha value is -1.33. The Balaban J connectivity index is 2.82. The maximum atomic E-state index is 8.87. The third kappa shape index (κ3) is 3.36. The van der Waals surface area contributed by atoms with Crippen molar-refractivity contribution in [2.75, 3.05) is 23.5 Å². The summed E-state index contributed by atoms with van der Waals surface area (Å²) in [6.45, 7) is 5.18. The zero-order valence-electron chi connectivity index (χ0n) is 9.85. The first-order valence-corrected chi connectivity index (χ1v) is 5.50. The molecule has 0 spiro atoms. The summed E-state index contributed by atoms with van der Waals surface area (Å²) in [5, 5.41) is 8.87. The second-order valence-electron chi connectivity index (χ2n) is 3.89. The van der Waals surface area contributed by atoms with Crippen molar-refractivity contribution < 1.29 is 5.11 Å². The molecule has 0 fully saturated rings. The average Bonchev–Trinajstić information content (AvgIpc) is 2.29. The van der Waals surface area contributed by atoms with Crippen LogP contribution in [0.25, 0.3) is 0 Å². The molecule has 0 radical (unpaired) electrons. The number of nitrogens with two attached hydrogens (primary N) is 1. The molecule has 1 heterocycles. The van der Waals surface area contributed by atoms with Crippen molar-refractivity contribution in [3.63, 3.8) is 0 Å². The lowest BCUT2D eigenvalue weighted by Gasteiger charge is -2.27. The molecule has 90 valence electrons. The van der Waals surface area contributed by atoms with E-state index in [4.69, 9.17) is 10.9 Å². The van der Waals surface area contributed by atoms with Crippen LogP contribution in [-0.2, 0) is 0 Å². The molecule has 5 heteroatoms. The van der Waals surface area contributed by atoms with Crippen LogP contribution < -0.4 is 16.2 Å². The van der Waals surface area contributed by atoms with Gasteiger partial charge in [-0.05, 0) is 32.4 Å². The van der Waals surface area contributed by atoms with E-state index < -0.39 is 0 Å². The zero-order valence-corrected chi connectivity index (χ0v) is 9.85. The molecule has 1 aromatic rings. The highest BCUT2D eigenvalue weighted by molar-refractivity contribution is 5.46. The minimum absolute atomic E-state index is 0.193. The number of hydrogen-bond donors (Lipinski definition) is 3. The molecule has 0 bridgehead atoms. The van der Waals surface area contributed by atoms with Crippen LogP contribution in [0.3, 0.4) is 0 Å². The lowest BCUT2D eigenvalue weighted by Crippen LogP contribution is -2.33. The first kappa shape index (κ1) is 12.7. The van der Waals surface area contributed by atoms with E-state index in [1.54, 1.807) is 0 Å². The highest BCUT2D eigenvalue weighted by Gasteiger charge is 2.11. The van der Waals surface area contributed by atoms with Crippen molar-refractivity contribution >= 4 is 11.6 Å². The van der Waals surface area contributed by atoms with Gasteiger partial charge >= 0.3 is 0 Å². The summed E-state index contributed by atoms with van der Waals surface area (Å²) in [7, 11) is 0. The summed E-state index contributed by atoms with van der Waals surface area (Å²) in [5.41, 5.74) is 2.53. The zero-order chi connectivity index (χ0) is 12.0. The second kappa shape index (κ2) is 6.30. The molecular weight excluding hydrogens is 204 g/mol. The minimum Gasteiger partial charge on any atom is -0.396 e. The molecule has 0 atom stereocenters. The summed E-state index contributed by atoms with van der Waals surface area (Å²) in [4.78, 5) is 6.51. The molecule has 5 nitrogen and oxygen atoms in total. The van der Waals surface area contributed by atoms with Crippen LogP contribution in [0.1, 0.15) is 20.3 Å². The molecule has 0 aromatic carbocycles. The molecule has 0 aliphatic carbocycles. The first-order chi connectivity index (χ1) is 7.69. The van der Waals surface area contributed by atoms with Gasteiger partial charge in [0.1, 0.15) is 11.6 Å². The van der Waals surface area contributed by atoms with E-state index in [1.165, 1.54) is 0 Å². The number of nitrogen functional groups attached to an aromatic ring is 1. The van der Waals surface area contributed by atoms with Gasteiger partial charge in [-0.2, -0.15) is 0 Å². The number of anilines is 2. The maximum absolute atomic E-state index is 8.87. The molecule has 16 heavy (non-hydrogen) atoms. The Labute approximate surface area is 96.3 Å². The molecule has 1 rings (SSSR count). The van der Waals surface area contributed by atoms with Gasteiger partial charge in [-0.15, -0.1) is 0 Å². The van der Waals surface area contributed by atoms with E-state index in [0.29, 0.717) is 11.9 Å². The topological polar surface area (TPSA) is 74.4 Å². The van der Waals surface area contributed by atoms with Crippen molar-refractivity contribution in [2.45, 2.75) is 26.3 Å². The summed E-state index contributed by atoms with van der Waals surface area (Å²) in [6, 6.07) is 6.00. The van der Waals surface area contributed by atoms with Gasteiger partial charge in [0.2, 0.25) is 0 Å². The molecule has 0 saturated heterocycles. The van der Waals surface area contributed by atoms with Gasteiger partial charge in [0.15, 0.2) is 0 Å². The fourth-order valence-corrected chi connectivity index (χ4v) is 1.54. The number of hydrogen-bond acceptors (Lipinski definition) is 5. The Bertz CT molecular complexity index is 317. The quantitative estimate of drug-likeness (QED) is 0.496. The maximum Gasteiger partial charge on any atom is 0.142 e. The number of nitrogens with zero attached hydrogens (tertiary/aromatic N) is 2. The number of hydrazine groups is 1. The molecule has 0 aliphatic rings. The van der Waals surface area contributed by atoms with Crippen molar-refractivity contribution in [1.82, 2.24) is 4.98 Å². The van der Waals surface area contributed by atoms with Gasteiger partial charge in [0.25, 0.3) is 0 Å². The number of aliphatic hydroxyl groups is 1. The second-order valence-corrected chi connectivity index (χ2v) is 3.89. The fraction of sp³-hybridized carbons (Fsp3) is 0.545. The molecule has 0 saturated carbocycles. The monoisotopic (exact) mass is 224 g/mol. The van der Waals surface area contributed by atoms with E-state index >= 15 is 0 Å². The average molecular weight is 224 g/mol. The number of aromatic nitrogens is 1. The number of rotatable bonds is 6. The smallest absolute Gasteiger partial charge is 0.142 e. The summed E-state index contributed by atoms with van der Waals surface area (Å²) in [5.74, 6) is 6.84. The van der Waals surface area contributed by atoms with Gasteiger partial charge in [-0.3, -0.25) is 0 Å². The van der Waals surface area contributed by atoms with Crippen LogP contribution in [-0.4, -0.2) is 29.3 Å². The van der Waals surface area contributed by atoms with Crippen LogP contribution in [0.4, 0.5) is 11.6 Å². The van der Waals surface area contributed by atoms with Gasteiger partial charge < -0.3 is 15.4 Å². The predicted octanol–water partition coefficient (Wildman–Crippen LogP) is 0.964. The van der Waals surface area contributed by atoms with E-state index in [-0.39, 0.29) is 6.61 Å². The van der Waals surface area contributed by atoms with Crippen LogP contribution in [0, 0.1) is 0 Å². The highest BCUT2D eigenvalue weighted by Crippen LogP contribution is 2.16. The van der Waals surface area contributed by atoms with Crippen LogP contribution >= 0.6 is 0 Å². The van der Waals surface area contributed by atoms with Crippen molar-refractivity contribution in [3.8, 4) is 0 Å². The lowest BCUT2D eigenvalue weighted by molar-refractivity contribution is 0.288. The van der Waals surface area contributed by atoms with E-state index in [9.17, 15) is 0 Å². The predicted molar refractivity (Wildman–Crippen MR) is 66.2 cm³/mol. The Morgan fingerprint density at radius 2 is 2.25 bits per heavy atom. The molecule has 0 amide bonds. The van der Waals surface area contributed by atoms with Gasteiger partial charge in [0, 0.05) is 19.2 Å². The molecule has 4 N–H and O–H groups in total. The molecule has 0 unspecified atom stereocenters. The summed E-state index contributed by atoms with van der Waals surface area (Å²) in [6.07, 6.45) is 0.736. The van der Waals surface area contributed by atoms with Crippen LogP contribution in [0.5, 0.6) is 0 Å². The third-order valence-electron chi connectivity index (χ3n) is 2.36. The minimum atomic E-state index is 0.193. The van der Waals surface area contributed by atoms with Crippen molar-refractivity contribution in [2.24, 2.45) is 5.84 Å². The SMILES string of the molecule is CC(C)N(CCCO)c1cccc(NN)n1.